The van der Waals surface area contributed by atoms with Crippen molar-refractivity contribution in [3.63, 3.8) is 0 Å². The third-order valence-electron chi connectivity index (χ3n) is 9.47. The molecule has 0 aliphatic rings. The van der Waals surface area contributed by atoms with Crippen molar-refractivity contribution in [2.45, 2.75) is 19.6 Å². The summed E-state index contributed by atoms with van der Waals surface area (Å²) in [6.07, 6.45) is 5.09. The summed E-state index contributed by atoms with van der Waals surface area (Å²) in [6, 6.07) is 31.4. The smallest absolute Gasteiger partial charge is 0.354 e. The standard InChI is InChI=1S/C44H35N9O8/c54-42(55)39-7-1-4-36(48-39)33-17-12-29(22-45-33)26-51(25-28-10-14-31(15-11-28)53(60)61)20-21-52(32-16-19-35(47-24-32)38-6-3-9-41(50-38)44(58)59)27-30-13-18-34(46-23-30)37-5-2-8-40(49-37)43(56)57/h1-19,22-24H,20-21,25-27H2,(H,54,55)(H,56,57)(H,58,59). The number of carboxylic acids is 3. The van der Waals surface area contributed by atoms with Gasteiger partial charge in [0.1, 0.15) is 17.1 Å². The summed E-state index contributed by atoms with van der Waals surface area (Å²) in [5.41, 5.74) is 5.69. The van der Waals surface area contributed by atoms with Crippen molar-refractivity contribution >= 4 is 29.3 Å². The van der Waals surface area contributed by atoms with E-state index in [1.54, 1.807) is 85.3 Å². The molecule has 0 saturated heterocycles. The number of hydrogen-bond acceptors (Lipinski definition) is 13. The molecule has 0 fully saturated rings. The molecule has 304 valence electrons. The maximum absolute atomic E-state index is 11.6. The minimum absolute atomic E-state index is 0.0207. The predicted molar refractivity (Wildman–Crippen MR) is 222 cm³/mol. The Kier molecular flexibility index (Phi) is 12.4. The summed E-state index contributed by atoms with van der Waals surface area (Å²) in [7, 11) is 0. The number of rotatable bonds is 17. The molecule has 0 spiro atoms. The second kappa shape index (κ2) is 18.5. The molecule has 7 aromatic rings. The largest absolute Gasteiger partial charge is 0.477 e. The highest BCUT2D eigenvalue weighted by atomic mass is 16.6. The second-order valence-corrected chi connectivity index (χ2v) is 13.7. The summed E-state index contributed by atoms with van der Waals surface area (Å²) in [5.74, 6) is -3.43. The zero-order chi connectivity index (χ0) is 42.9. The Hall–Kier alpha value is -8.31. The van der Waals surface area contributed by atoms with Gasteiger partial charge in [0.05, 0.1) is 51.0 Å². The van der Waals surface area contributed by atoms with E-state index in [4.69, 9.17) is 0 Å². The third kappa shape index (κ3) is 10.4. The van der Waals surface area contributed by atoms with Crippen LogP contribution in [-0.4, -0.2) is 86.0 Å². The molecule has 0 atom stereocenters. The van der Waals surface area contributed by atoms with E-state index in [0.29, 0.717) is 66.9 Å². The van der Waals surface area contributed by atoms with Crippen LogP contribution in [0.2, 0.25) is 0 Å². The Bertz CT molecular complexity index is 2700. The van der Waals surface area contributed by atoms with Gasteiger partial charge in [-0.15, -0.1) is 0 Å². The van der Waals surface area contributed by atoms with Crippen LogP contribution in [-0.2, 0) is 19.6 Å². The molecule has 6 heterocycles. The minimum atomic E-state index is -1.15. The monoisotopic (exact) mass is 817 g/mol. The number of hydrogen-bond donors (Lipinski definition) is 3. The van der Waals surface area contributed by atoms with Crippen molar-refractivity contribution < 1.29 is 34.6 Å². The third-order valence-corrected chi connectivity index (χ3v) is 9.47. The van der Waals surface area contributed by atoms with E-state index in [9.17, 15) is 39.8 Å². The lowest BCUT2D eigenvalue weighted by molar-refractivity contribution is -0.384. The molecule has 7 rings (SSSR count). The molecule has 3 N–H and O–H groups in total. The van der Waals surface area contributed by atoms with Crippen LogP contribution >= 0.6 is 0 Å². The van der Waals surface area contributed by atoms with Crippen LogP contribution in [0.3, 0.4) is 0 Å². The van der Waals surface area contributed by atoms with Crippen molar-refractivity contribution in [3.8, 4) is 34.2 Å². The molecule has 6 aromatic heterocycles. The molecule has 0 aliphatic heterocycles. The van der Waals surface area contributed by atoms with Crippen LogP contribution in [0.5, 0.6) is 0 Å². The topological polar surface area (TPSA) is 239 Å². The van der Waals surface area contributed by atoms with Crippen molar-refractivity contribution in [1.29, 1.82) is 0 Å². The Morgan fingerprint density at radius 1 is 0.492 bits per heavy atom. The molecule has 61 heavy (non-hydrogen) atoms. The van der Waals surface area contributed by atoms with Gasteiger partial charge in [-0.25, -0.2) is 29.3 Å². The maximum Gasteiger partial charge on any atom is 0.354 e. The Balaban J connectivity index is 1.16. The number of aromatic nitrogens is 6. The summed E-state index contributed by atoms with van der Waals surface area (Å²) in [6.45, 7) is 2.19. The molecule has 0 amide bonds. The molecule has 1 aromatic carbocycles. The van der Waals surface area contributed by atoms with E-state index in [2.05, 4.69) is 39.7 Å². The van der Waals surface area contributed by atoms with E-state index >= 15 is 0 Å². The molecule has 17 heteroatoms. The lowest BCUT2D eigenvalue weighted by Gasteiger charge is -2.29. The van der Waals surface area contributed by atoms with Crippen LogP contribution in [0.15, 0.2) is 134 Å². The van der Waals surface area contributed by atoms with Crippen LogP contribution in [0, 0.1) is 10.1 Å². The van der Waals surface area contributed by atoms with Crippen molar-refractivity contribution in [1.82, 2.24) is 34.8 Å². The number of benzene rings is 1. The van der Waals surface area contributed by atoms with Gasteiger partial charge in [0.2, 0.25) is 0 Å². The van der Waals surface area contributed by atoms with Crippen molar-refractivity contribution in [3.05, 3.63) is 178 Å². The first kappa shape index (κ1) is 40.9. The Morgan fingerprint density at radius 3 is 1.33 bits per heavy atom. The molecular formula is C44H35N9O8. The normalized spacial score (nSPS) is 11.0. The van der Waals surface area contributed by atoms with E-state index in [-0.39, 0.29) is 22.8 Å². The summed E-state index contributed by atoms with van der Waals surface area (Å²) >= 11 is 0. The molecule has 17 nitrogen and oxygen atoms in total. The number of carboxylic acid groups (broad SMARTS) is 3. The first-order valence-corrected chi connectivity index (χ1v) is 18.7. The number of aromatic carboxylic acids is 3. The number of nitrogens with zero attached hydrogens (tertiary/aromatic N) is 9. The SMILES string of the molecule is O=C(O)c1cccc(-c2ccc(CN(CCN(Cc3ccc(-c4cccc(C(=O)O)n4)nc3)c3ccc(-c4cccc(C(=O)O)n4)nc3)Cc3ccc([N+](=O)[O-])cc3)cn2)n1. The van der Waals surface area contributed by atoms with Gasteiger partial charge in [-0.2, -0.15) is 0 Å². The lowest BCUT2D eigenvalue weighted by atomic mass is 10.1. The fourth-order valence-electron chi connectivity index (χ4n) is 6.39. The molecule has 0 unspecified atom stereocenters. The quantitative estimate of drug-likeness (QED) is 0.0635. The maximum atomic E-state index is 11.6. The average Bonchev–Trinajstić information content (AvgIpc) is 3.28. The molecular weight excluding hydrogens is 783 g/mol. The number of nitro groups is 1. The van der Waals surface area contributed by atoms with E-state index in [1.165, 1.54) is 30.3 Å². The van der Waals surface area contributed by atoms with Gasteiger partial charge in [0.25, 0.3) is 5.69 Å². The van der Waals surface area contributed by atoms with Gasteiger partial charge in [0.15, 0.2) is 0 Å². The van der Waals surface area contributed by atoms with Crippen molar-refractivity contribution in [2.75, 3.05) is 18.0 Å². The van der Waals surface area contributed by atoms with Crippen LogP contribution in [0.25, 0.3) is 34.2 Å². The minimum Gasteiger partial charge on any atom is -0.477 e. The Morgan fingerprint density at radius 2 is 0.918 bits per heavy atom. The van der Waals surface area contributed by atoms with E-state index < -0.39 is 22.8 Å². The van der Waals surface area contributed by atoms with Gasteiger partial charge in [-0.05, 0) is 77.4 Å². The van der Waals surface area contributed by atoms with Crippen LogP contribution in [0.1, 0.15) is 48.2 Å². The number of nitro benzene ring substituents is 1. The molecule has 0 radical (unpaired) electrons. The highest BCUT2D eigenvalue weighted by Crippen LogP contribution is 2.24. The highest BCUT2D eigenvalue weighted by Gasteiger charge is 2.17. The zero-order valence-corrected chi connectivity index (χ0v) is 32.1. The molecule has 0 aliphatic carbocycles. The van der Waals surface area contributed by atoms with Gasteiger partial charge >= 0.3 is 17.9 Å². The summed E-state index contributed by atoms with van der Waals surface area (Å²) < 4.78 is 0. The zero-order valence-electron chi connectivity index (χ0n) is 32.1. The lowest BCUT2D eigenvalue weighted by Crippen LogP contribution is -2.34. The van der Waals surface area contributed by atoms with Gasteiger partial charge in [-0.1, -0.05) is 42.5 Å². The summed E-state index contributed by atoms with van der Waals surface area (Å²) in [4.78, 5) is 76.2. The van der Waals surface area contributed by atoms with E-state index in [1.807, 2.05) is 18.2 Å². The summed E-state index contributed by atoms with van der Waals surface area (Å²) in [5, 5.41) is 39.7. The fraction of sp³-hybridized carbons (Fsp3) is 0.114. The van der Waals surface area contributed by atoms with Gasteiger partial charge in [0, 0.05) is 57.3 Å². The van der Waals surface area contributed by atoms with Crippen LogP contribution in [0.4, 0.5) is 11.4 Å². The number of non-ortho nitro benzene ring substituents is 1. The number of carbonyl (C=O) groups is 3. The predicted octanol–water partition coefficient (Wildman–Crippen LogP) is 6.77. The highest BCUT2D eigenvalue weighted by molar-refractivity contribution is 5.87. The van der Waals surface area contributed by atoms with Gasteiger partial charge in [-0.3, -0.25) is 30.0 Å². The van der Waals surface area contributed by atoms with E-state index in [0.717, 1.165) is 22.4 Å². The molecule has 0 saturated carbocycles. The van der Waals surface area contributed by atoms with Gasteiger partial charge < -0.3 is 20.2 Å². The second-order valence-electron chi connectivity index (χ2n) is 13.7. The fourth-order valence-corrected chi connectivity index (χ4v) is 6.39. The number of anilines is 1. The Labute approximate surface area is 347 Å². The average molecular weight is 818 g/mol. The first-order valence-electron chi connectivity index (χ1n) is 18.7. The first-order chi connectivity index (χ1) is 29.5. The van der Waals surface area contributed by atoms with Crippen molar-refractivity contribution in [2.24, 2.45) is 0 Å². The molecule has 0 bridgehead atoms. The van der Waals surface area contributed by atoms with Crippen LogP contribution < -0.4 is 4.90 Å². The number of pyridine rings is 6.